The van der Waals surface area contributed by atoms with E-state index in [0.717, 1.165) is 16.5 Å². The molecule has 12 heavy (non-hydrogen) atoms. The van der Waals surface area contributed by atoms with Crippen LogP contribution >= 0.6 is 27.5 Å². The van der Waals surface area contributed by atoms with Gasteiger partial charge in [-0.1, -0.05) is 27.5 Å². The maximum atomic E-state index is 8.66. The Kier molecular flexibility index (Phi) is 3.13. The van der Waals surface area contributed by atoms with Gasteiger partial charge in [-0.2, -0.15) is 5.26 Å². The van der Waals surface area contributed by atoms with Crippen LogP contribution in [0.3, 0.4) is 0 Å². The van der Waals surface area contributed by atoms with Crippen molar-refractivity contribution in [3.63, 3.8) is 0 Å². The summed E-state index contributed by atoms with van der Waals surface area (Å²) in [6.45, 7) is 1.97. The van der Waals surface area contributed by atoms with E-state index in [1.807, 2.05) is 19.1 Å². The Morgan fingerprint density at radius 1 is 1.58 bits per heavy atom. The van der Waals surface area contributed by atoms with Crippen molar-refractivity contribution in [2.24, 2.45) is 0 Å². The number of alkyl halides is 1. The molecule has 0 heterocycles. The van der Waals surface area contributed by atoms with E-state index in [0.29, 0.717) is 10.6 Å². The third kappa shape index (κ3) is 1.80. The van der Waals surface area contributed by atoms with Gasteiger partial charge in [0.1, 0.15) is 6.07 Å². The summed E-state index contributed by atoms with van der Waals surface area (Å²) in [5, 5.41) is 9.95. The molecule has 3 heteroatoms. The molecule has 0 unspecified atom stereocenters. The molecule has 0 bridgehead atoms. The summed E-state index contributed by atoms with van der Waals surface area (Å²) in [6, 6.07) is 5.67. The number of hydrogen-bond donors (Lipinski definition) is 0. The average Bonchev–Trinajstić information content (AvgIpc) is 2.08. The van der Waals surface area contributed by atoms with Crippen LogP contribution in [-0.4, -0.2) is 0 Å². The summed E-state index contributed by atoms with van der Waals surface area (Å²) in [5.74, 6) is 0. The Bertz CT molecular complexity index is 340. The summed E-state index contributed by atoms with van der Waals surface area (Å²) in [4.78, 5) is 0. The molecule has 1 rings (SSSR count). The molecule has 0 fully saturated rings. The van der Waals surface area contributed by atoms with Crippen LogP contribution < -0.4 is 0 Å². The Balaban J connectivity index is 3.28. The molecule has 1 aromatic carbocycles. The zero-order chi connectivity index (χ0) is 9.14. The molecule has 0 aromatic heterocycles. The second-order valence-electron chi connectivity index (χ2n) is 2.50. The lowest BCUT2D eigenvalue weighted by Crippen LogP contribution is -1.87. The topological polar surface area (TPSA) is 23.8 Å². The number of nitrogens with zero attached hydrogens (tertiary/aromatic N) is 1. The summed E-state index contributed by atoms with van der Waals surface area (Å²) in [5.41, 5.74) is 2.76. The van der Waals surface area contributed by atoms with E-state index in [4.69, 9.17) is 16.9 Å². The molecule has 0 aliphatic heterocycles. The normalized spacial score (nSPS) is 9.50. The summed E-state index contributed by atoms with van der Waals surface area (Å²) < 4.78 is 0. The number of rotatable bonds is 1. The van der Waals surface area contributed by atoms with E-state index in [9.17, 15) is 0 Å². The van der Waals surface area contributed by atoms with Crippen molar-refractivity contribution >= 4 is 27.5 Å². The van der Waals surface area contributed by atoms with E-state index >= 15 is 0 Å². The molecule has 0 aliphatic rings. The molecule has 0 aliphatic carbocycles. The smallest absolute Gasteiger partial charge is 0.101 e. The second kappa shape index (κ2) is 3.93. The second-order valence-corrected chi connectivity index (χ2v) is 3.47. The van der Waals surface area contributed by atoms with Crippen molar-refractivity contribution in [2.45, 2.75) is 12.3 Å². The molecule has 0 N–H and O–H groups in total. The standard InChI is InChI=1S/C9H7BrClN/c1-6-2-8(5-12)9(11)3-7(6)4-10/h2-3H,4H2,1H3. The van der Waals surface area contributed by atoms with Crippen LogP contribution in [0.2, 0.25) is 5.02 Å². The van der Waals surface area contributed by atoms with Gasteiger partial charge in [-0.3, -0.25) is 0 Å². The van der Waals surface area contributed by atoms with Gasteiger partial charge >= 0.3 is 0 Å². The molecule has 1 nitrogen and oxygen atoms in total. The molecule has 1 aromatic rings. The van der Waals surface area contributed by atoms with Gasteiger partial charge in [0.2, 0.25) is 0 Å². The minimum absolute atomic E-state index is 0.526. The molecule has 0 radical (unpaired) electrons. The van der Waals surface area contributed by atoms with Crippen LogP contribution in [-0.2, 0) is 5.33 Å². The number of halogens is 2. The van der Waals surface area contributed by atoms with Gasteiger partial charge in [0.25, 0.3) is 0 Å². The molecule has 0 spiro atoms. The van der Waals surface area contributed by atoms with Gasteiger partial charge < -0.3 is 0 Å². The third-order valence-corrected chi connectivity index (χ3v) is 2.61. The van der Waals surface area contributed by atoms with Crippen molar-refractivity contribution in [2.75, 3.05) is 0 Å². The Morgan fingerprint density at radius 2 is 2.25 bits per heavy atom. The average molecular weight is 245 g/mol. The van der Waals surface area contributed by atoms with Gasteiger partial charge in [0.15, 0.2) is 0 Å². The highest BCUT2D eigenvalue weighted by atomic mass is 79.9. The third-order valence-electron chi connectivity index (χ3n) is 1.69. The lowest BCUT2D eigenvalue weighted by molar-refractivity contribution is 1.31. The first-order valence-corrected chi connectivity index (χ1v) is 4.94. The van der Waals surface area contributed by atoms with Gasteiger partial charge in [0, 0.05) is 5.33 Å². The highest BCUT2D eigenvalue weighted by Crippen LogP contribution is 2.22. The molecule has 0 saturated carbocycles. The predicted octanol–water partition coefficient (Wildman–Crippen LogP) is 3.42. The lowest BCUT2D eigenvalue weighted by atomic mass is 10.1. The van der Waals surface area contributed by atoms with Crippen LogP contribution in [0.5, 0.6) is 0 Å². The fourth-order valence-electron chi connectivity index (χ4n) is 0.952. The largest absolute Gasteiger partial charge is 0.192 e. The summed E-state index contributed by atoms with van der Waals surface area (Å²) >= 11 is 9.18. The Hall–Kier alpha value is -0.520. The predicted molar refractivity (Wildman–Crippen MR) is 53.5 cm³/mol. The van der Waals surface area contributed by atoms with Crippen LogP contribution in [0, 0.1) is 18.3 Å². The van der Waals surface area contributed by atoms with E-state index < -0.39 is 0 Å². The van der Waals surface area contributed by atoms with Gasteiger partial charge in [-0.15, -0.1) is 0 Å². The number of hydrogen-bond acceptors (Lipinski definition) is 1. The molecular weight excluding hydrogens is 237 g/mol. The minimum atomic E-state index is 0.526. The monoisotopic (exact) mass is 243 g/mol. The van der Waals surface area contributed by atoms with Crippen molar-refractivity contribution in [3.05, 3.63) is 33.8 Å². The summed E-state index contributed by atoms with van der Waals surface area (Å²) in [6.07, 6.45) is 0. The maximum absolute atomic E-state index is 8.66. The number of nitriles is 1. The van der Waals surface area contributed by atoms with Crippen molar-refractivity contribution in [3.8, 4) is 6.07 Å². The molecule has 62 valence electrons. The fourth-order valence-corrected chi connectivity index (χ4v) is 1.78. The van der Waals surface area contributed by atoms with Crippen LogP contribution in [0.4, 0.5) is 0 Å². The molecule has 0 saturated heterocycles. The van der Waals surface area contributed by atoms with E-state index in [1.165, 1.54) is 0 Å². The first kappa shape index (κ1) is 9.57. The Morgan fingerprint density at radius 3 is 2.75 bits per heavy atom. The molecular formula is C9H7BrClN. The Labute approximate surface area is 85.1 Å². The molecule has 0 atom stereocenters. The SMILES string of the molecule is Cc1cc(C#N)c(Cl)cc1CBr. The van der Waals surface area contributed by atoms with Crippen LogP contribution in [0.15, 0.2) is 12.1 Å². The quantitative estimate of drug-likeness (QED) is 0.695. The van der Waals surface area contributed by atoms with Gasteiger partial charge in [-0.05, 0) is 30.2 Å². The zero-order valence-corrected chi connectivity index (χ0v) is 8.91. The summed E-state index contributed by atoms with van der Waals surface area (Å²) in [7, 11) is 0. The van der Waals surface area contributed by atoms with Crippen molar-refractivity contribution < 1.29 is 0 Å². The number of benzene rings is 1. The zero-order valence-electron chi connectivity index (χ0n) is 6.56. The molecule has 0 amide bonds. The van der Waals surface area contributed by atoms with E-state index in [-0.39, 0.29) is 0 Å². The fraction of sp³-hybridized carbons (Fsp3) is 0.222. The first-order chi connectivity index (χ1) is 5.69. The van der Waals surface area contributed by atoms with Crippen molar-refractivity contribution in [1.82, 2.24) is 0 Å². The van der Waals surface area contributed by atoms with Crippen molar-refractivity contribution in [1.29, 1.82) is 5.26 Å². The number of aryl methyl sites for hydroxylation is 1. The van der Waals surface area contributed by atoms with E-state index in [2.05, 4.69) is 15.9 Å². The highest BCUT2D eigenvalue weighted by Gasteiger charge is 2.03. The van der Waals surface area contributed by atoms with Gasteiger partial charge in [-0.25, -0.2) is 0 Å². The maximum Gasteiger partial charge on any atom is 0.101 e. The van der Waals surface area contributed by atoms with Gasteiger partial charge in [0.05, 0.1) is 10.6 Å². The minimum Gasteiger partial charge on any atom is -0.192 e. The van der Waals surface area contributed by atoms with Crippen LogP contribution in [0.1, 0.15) is 16.7 Å². The first-order valence-electron chi connectivity index (χ1n) is 3.44. The highest BCUT2D eigenvalue weighted by molar-refractivity contribution is 9.08. The lowest BCUT2D eigenvalue weighted by Gasteiger charge is -2.03. The van der Waals surface area contributed by atoms with Crippen LogP contribution in [0.25, 0.3) is 0 Å². The van der Waals surface area contributed by atoms with E-state index in [1.54, 1.807) is 6.07 Å².